The molecule has 0 radical (unpaired) electrons. The number of nitrogens with one attached hydrogen (secondary N) is 1. The fraction of sp³-hybridized carbons (Fsp3) is 0.273. The van der Waals surface area contributed by atoms with Crippen molar-refractivity contribution in [1.82, 2.24) is 10.2 Å². The zero-order chi connectivity index (χ0) is 21.0. The minimum Gasteiger partial charge on any atom is -0.459 e. The first-order valence-corrected chi connectivity index (χ1v) is 9.26. The van der Waals surface area contributed by atoms with Gasteiger partial charge in [-0.3, -0.25) is 14.5 Å². The fourth-order valence-electron chi connectivity index (χ4n) is 3.08. The van der Waals surface area contributed by atoms with Gasteiger partial charge in [0.2, 0.25) is 0 Å². The van der Waals surface area contributed by atoms with E-state index in [0.717, 1.165) is 21.6 Å². The minimum absolute atomic E-state index is 0.0215. The number of amides is 3. The van der Waals surface area contributed by atoms with Crippen LogP contribution in [0.2, 0.25) is 0 Å². The molecule has 3 rings (SSSR count). The zero-order valence-electron chi connectivity index (χ0n) is 16.3. The molecular weight excluding hydrogens is 370 g/mol. The average Bonchev–Trinajstić information content (AvgIpc) is 2.96. The number of imide groups is 1. The Balaban J connectivity index is 1.59. The van der Waals surface area contributed by atoms with Gasteiger partial charge in [-0.25, -0.2) is 4.79 Å². The predicted octanol–water partition coefficient (Wildman–Crippen LogP) is 2.99. The standard InChI is InChI=1S/C22H21N3O4/c1-3-22(2)20(27)25(21(28)24-22)13-19(26)29-14-15-8-10-16(11-9-15)18-7-5-4-6-17(18)12-23/h4-11H,3,13-14H2,1-2H3,(H,24,28). The van der Waals surface area contributed by atoms with Gasteiger partial charge in [0.05, 0.1) is 11.6 Å². The van der Waals surface area contributed by atoms with Crippen LogP contribution in [0.15, 0.2) is 48.5 Å². The normalized spacial score (nSPS) is 18.3. The fourth-order valence-corrected chi connectivity index (χ4v) is 3.08. The van der Waals surface area contributed by atoms with E-state index >= 15 is 0 Å². The van der Waals surface area contributed by atoms with Crippen LogP contribution in [-0.4, -0.2) is 34.9 Å². The molecule has 148 valence electrons. The van der Waals surface area contributed by atoms with Gasteiger partial charge in [0.1, 0.15) is 18.7 Å². The molecule has 7 heteroatoms. The molecular formula is C22H21N3O4. The summed E-state index contributed by atoms with van der Waals surface area (Å²) in [7, 11) is 0. The summed E-state index contributed by atoms with van der Waals surface area (Å²) in [6.45, 7) is 3.02. The van der Waals surface area contributed by atoms with Crippen molar-refractivity contribution in [2.45, 2.75) is 32.4 Å². The highest BCUT2D eigenvalue weighted by Gasteiger charge is 2.47. The molecule has 1 aliphatic heterocycles. The number of hydrogen-bond acceptors (Lipinski definition) is 5. The topological polar surface area (TPSA) is 99.5 Å². The maximum Gasteiger partial charge on any atom is 0.326 e. The van der Waals surface area contributed by atoms with Crippen LogP contribution in [0.4, 0.5) is 4.79 Å². The van der Waals surface area contributed by atoms with E-state index < -0.39 is 30.0 Å². The van der Waals surface area contributed by atoms with Crippen molar-refractivity contribution in [3.63, 3.8) is 0 Å². The minimum atomic E-state index is -0.979. The Hall–Kier alpha value is -3.66. The highest BCUT2D eigenvalue weighted by molar-refractivity contribution is 6.08. The van der Waals surface area contributed by atoms with Gasteiger partial charge in [-0.1, -0.05) is 49.4 Å². The van der Waals surface area contributed by atoms with E-state index in [2.05, 4.69) is 11.4 Å². The summed E-state index contributed by atoms with van der Waals surface area (Å²) < 4.78 is 5.21. The van der Waals surface area contributed by atoms with Gasteiger partial charge in [-0.15, -0.1) is 0 Å². The summed E-state index contributed by atoms with van der Waals surface area (Å²) in [5, 5.41) is 11.8. The second kappa shape index (κ2) is 8.15. The molecule has 1 heterocycles. The van der Waals surface area contributed by atoms with Crippen LogP contribution in [0.25, 0.3) is 11.1 Å². The van der Waals surface area contributed by atoms with Crippen molar-refractivity contribution in [3.8, 4) is 17.2 Å². The van der Waals surface area contributed by atoms with Crippen LogP contribution in [0.3, 0.4) is 0 Å². The summed E-state index contributed by atoms with van der Waals surface area (Å²) >= 11 is 0. The van der Waals surface area contributed by atoms with Gasteiger partial charge >= 0.3 is 12.0 Å². The first-order chi connectivity index (χ1) is 13.9. The lowest BCUT2D eigenvalue weighted by molar-refractivity contribution is -0.148. The molecule has 0 bridgehead atoms. The Bertz CT molecular complexity index is 994. The Morgan fingerprint density at radius 3 is 2.48 bits per heavy atom. The van der Waals surface area contributed by atoms with Crippen LogP contribution in [0.1, 0.15) is 31.4 Å². The van der Waals surface area contributed by atoms with E-state index in [9.17, 15) is 19.6 Å². The number of benzene rings is 2. The third-order valence-electron chi connectivity index (χ3n) is 5.05. The molecule has 1 atom stereocenters. The van der Waals surface area contributed by atoms with Gasteiger partial charge in [0, 0.05) is 0 Å². The Kier molecular flexibility index (Phi) is 5.64. The van der Waals surface area contributed by atoms with Gasteiger partial charge in [0.25, 0.3) is 5.91 Å². The van der Waals surface area contributed by atoms with Crippen LogP contribution < -0.4 is 5.32 Å². The van der Waals surface area contributed by atoms with E-state index in [-0.39, 0.29) is 6.61 Å². The summed E-state index contributed by atoms with van der Waals surface area (Å²) in [6, 6.07) is 16.2. The van der Waals surface area contributed by atoms with E-state index in [0.29, 0.717) is 12.0 Å². The van der Waals surface area contributed by atoms with Crippen molar-refractivity contribution in [2.24, 2.45) is 0 Å². The van der Waals surface area contributed by atoms with E-state index in [4.69, 9.17) is 4.74 Å². The number of hydrogen-bond donors (Lipinski definition) is 1. The summed E-state index contributed by atoms with van der Waals surface area (Å²) in [5.74, 6) is -1.09. The zero-order valence-corrected chi connectivity index (χ0v) is 16.3. The Labute approximate surface area is 168 Å². The van der Waals surface area contributed by atoms with Crippen molar-refractivity contribution < 1.29 is 19.1 Å². The number of ether oxygens (including phenoxy) is 1. The van der Waals surface area contributed by atoms with Gasteiger partial charge in [-0.2, -0.15) is 5.26 Å². The van der Waals surface area contributed by atoms with E-state index in [1.54, 1.807) is 32.0 Å². The number of nitriles is 1. The second-order valence-corrected chi connectivity index (χ2v) is 7.02. The van der Waals surface area contributed by atoms with Crippen molar-refractivity contribution in [1.29, 1.82) is 5.26 Å². The monoisotopic (exact) mass is 391 g/mol. The molecule has 0 saturated carbocycles. The summed E-state index contributed by atoms with van der Waals surface area (Å²) in [4.78, 5) is 37.3. The highest BCUT2D eigenvalue weighted by atomic mass is 16.5. The van der Waals surface area contributed by atoms with Crippen LogP contribution in [0, 0.1) is 11.3 Å². The van der Waals surface area contributed by atoms with Gasteiger partial charge in [0.15, 0.2) is 0 Å². The number of nitrogens with zero attached hydrogens (tertiary/aromatic N) is 2. The lowest BCUT2D eigenvalue weighted by Gasteiger charge is -2.18. The maximum absolute atomic E-state index is 12.3. The van der Waals surface area contributed by atoms with Crippen molar-refractivity contribution in [3.05, 3.63) is 59.7 Å². The molecule has 1 saturated heterocycles. The van der Waals surface area contributed by atoms with Crippen LogP contribution in [-0.2, 0) is 20.9 Å². The summed E-state index contributed by atoms with van der Waals surface area (Å²) in [5.41, 5.74) is 2.07. The number of carbonyl (C=O) groups is 3. The van der Waals surface area contributed by atoms with E-state index in [1.807, 2.05) is 30.3 Å². The lowest BCUT2D eigenvalue weighted by Crippen LogP contribution is -2.43. The Morgan fingerprint density at radius 2 is 1.86 bits per heavy atom. The second-order valence-electron chi connectivity index (χ2n) is 7.02. The SMILES string of the molecule is CCC1(C)NC(=O)N(CC(=O)OCc2ccc(-c3ccccc3C#N)cc2)C1=O. The largest absolute Gasteiger partial charge is 0.459 e. The van der Waals surface area contributed by atoms with Gasteiger partial charge < -0.3 is 10.1 Å². The predicted molar refractivity (Wildman–Crippen MR) is 105 cm³/mol. The molecule has 7 nitrogen and oxygen atoms in total. The molecule has 1 N–H and O–H groups in total. The molecule has 0 aliphatic carbocycles. The van der Waals surface area contributed by atoms with Gasteiger partial charge in [-0.05, 0) is 36.1 Å². The quantitative estimate of drug-likeness (QED) is 0.603. The Morgan fingerprint density at radius 1 is 1.17 bits per heavy atom. The molecule has 3 amide bonds. The highest BCUT2D eigenvalue weighted by Crippen LogP contribution is 2.24. The first kappa shape index (κ1) is 20.1. The third kappa shape index (κ3) is 4.11. The van der Waals surface area contributed by atoms with Crippen LogP contribution in [0.5, 0.6) is 0 Å². The molecule has 1 fully saturated rings. The number of carbonyl (C=O) groups excluding carboxylic acids is 3. The molecule has 0 spiro atoms. The smallest absolute Gasteiger partial charge is 0.326 e. The van der Waals surface area contributed by atoms with Crippen LogP contribution >= 0.6 is 0 Å². The molecule has 29 heavy (non-hydrogen) atoms. The maximum atomic E-state index is 12.3. The summed E-state index contributed by atoms with van der Waals surface area (Å²) in [6.07, 6.45) is 0.435. The number of esters is 1. The van der Waals surface area contributed by atoms with E-state index in [1.165, 1.54) is 0 Å². The number of urea groups is 1. The molecule has 2 aromatic rings. The number of rotatable bonds is 6. The third-order valence-corrected chi connectivity index (χ3v) is 5.05. The van der Waals surface area contributed by atoms with Crippen molar-refractivity contribution >= 4 is 17.9 Å². The van der Waals surface area contributed by atoms with Crippen molar-refractivity contribution in [2.75, 3.05) is 6.54 Å². The molecule has 1 aliphatic rings. The molecule has 0 aromatic heterocycles. The first-order valence-electron chi connectivity index (χ1n) is 9.26. The molecule has 1 unspecified atom stereocenters. The average molecular weight is 391 g/mol. The lowest BCUT2D eigenvalue weighted by atomic mass is 9.99. The molecule has 2 aromatic carbocycles.